The fourth-order valence-corrected chi connectivity index (χ4v) is 3.04. The number of amides is 1. The molecule has 0 aliphatic heterocycles. The van der Waals surface area contributed by atoms with E-state index in [1.165, 1.54) is 0 Å². The Balaban J connectivity index is 1.43. The van der Waals surface area contributed by atoms with E-state index in [0.717, 1.165) is 42.8 Å². The first-order chi connectivity index (χ1) is 11.7. The number of nitrogens with zero attached hydrogens (tertiary/aromatic N) is 2. The zero-order valence-corrected chi connectivity index (χ0v) is 13.9. The van der Waals surface area contributed by atoms with Gasteiger partial charge < -0.3 is 10.1 Å². The van der Waals surface area contributed by atoms with E-state index < -0.39 is 0 Å². The normalized spacial score (nSPS) is 20.4. The third-order valence-electron chi connectivity index (χ3n) is 4.36. The van der Waals surface area contributed by atoms with Gasteiger partial charge in [-0.1, -0.05) is 6.07 Å². The van der Waals surface area contributed by atoms with Crippen LogP contribution in [0.3, 0.4) is 0 Å². The van der Waals surface area contributed by atoms with Gasteiger partial charge in [0.2, 0.25) is 5.91 Å². The van der Waals surface area contributed by atoms with Gasteiger partial charge in [-0.2, -0.15) is 0 Å². The first kappa shape index (κ1) is 16.4. The lowest BCUT2D eigenvalue weighted by atomic mass is 9.92. The maximum atomic E-state index is 12.1. The smallest absolute Gasteiger partial charge is 0.226 e. The molecule has 1 aliphatic carbocycles. The van der Waals surface area contributed by atoms with Crippen molar-refractivity contribution in [1.82, 2.24) is 15.3 Å². The summed E-state index contributed by atoms with van der Waals surface area (Å²) in [6.45, 7) is 1.96. The van der Waals surface area contributed by atoms with Crippen LogP contribution in [0.25, 0.3) is 0 Å². The number of nitrogens with one attached hydrogen (secondary N) is 1. The molecule has 1 amide bonds. The third kappa shape index (κ3) is 4.54. The molecule has 0 saturated heterocycles. The van der Waals surface area contributed by atoms with Crippen LogP contribution < -0.4 is 10.1 Å². The molecule has 2 aromatic rings. The Hall–Kier alpha value is -2.43. The van der Waals surface area contributed by atoms with Crippen molar-refractivity contribution in [2.45, 2.75) is 51.2 Å². The lowest BCUT2D eigenvalue weighted by Crippen LogP contribution is -2.40. The summed E-state index contributed by atoms with van der Waals surface area (Å²) in [5.41, 5.74) is 1.72. The van der Waals surface area contributed by atoms with Crippen LogP contribution in [0.1, 0.15) is 37.1 Å². The number of pyridine rings is 2. The minimum Gasteiger partial charge on any atom is -0.489 e. The summed E-state index contributed by atoms with van der Waals surface area (Å²) < 4.78 is 6.05. The molecule has 2 aromatic heterocycles. The Bertz CT molecular complexity index is 667. The van der Waals surface area contributed by atoms with Crippen molar-refractivity contribution in [1.29, 1.82) is 0 Å². The van der Waals surface area contributed by atoms with Crippen molar-refractivity contribution in [3.8, 4) is 5.75 Å². The van der Waals surface area contributed by atoms with Gasteiger partial charge in [-0.3, -0.25) is 14.8 Å². The van der Waals surface area contributed by atoms with Crippen molar-refractivity contribution in [3.05, 3.63) is 54.1 Å². The second kappa shape index (κ2) is 7.90. The summed E-state index contributed by atoms with van der Waals surface area (Å²) in [7, 11) is 0. The summed E-state index contributed by atoms with van der Waals surface area (Å²) >= 11 is 0. The summed E-state index contributed by atoms with van der Waals surface area (Å²) in [6, 6.07) is 9.72. The highest BCUT2D eigenvalue weighted by Crippen LogP contribution is 2.25. The van der Waals surface area contributed by atoms with Crippen LogP contribution in [0.5, 0.6) is 5.75 Å². The molecule has 5 nitrogen and oxygen atoms in total. The molecule has 0 unspecified atom stereocenters. The van der Waals surface area contributed by atoms with Crippen LogP contribution in [0.15, 0.2) is 42.7 Å². The predicted octanol–water partition coefficient (Wildman–Crippen LogP) is 2.83. The molecule has 24 heavy (non-hydrogen) atoms. The molecule has 1 N–H and O–H groups in total. The fraction of sp³-hybridized carbons (Fsp3) is 0.421. The highest BCUT2D eigenvalue weighted by molar-refractivity contribution is 5.78. The monoisotopic (exact) mass is 325 g/mol. The van der Waals surface area contributed by atoms with Gasteiger partial charge in [0.25, 0.3) is 0 Å². The quantitative estimate of drug-likeness (QED) is 0.918. The number of aryl methyl sites for hydroxylation is 1. The Kier molecular flexibility index (Phi) is 5.41. The van der Waals surface area contributed by atoms with Crippen molar-refractivity contribution in [2.24, 2.45) is 0 Å². The lowest BCUT2D eigenvalue weighted by molar-refractivity contribution is -0.121. The molecule has 126 valence electrons. The van der Waals surface area contributed by atoms with E-state index in [0.29, 0.717) is 6.42 Å². The van der Waals surface area contributed by atoms with Crippen LogP contribution in [0.4, 0.5) is 0 Å². The minimum absolute atomic E-state index is 0.0428. The molecule has 0 spiro atoms. The van der Waals surface area contributed by atoms with Gasteiger partial charge in [-0.05, 0) is 56.9 Å². The molecule has 0 radical (unpaired) electrons. The standard InChI is InChI=1S/C19H23N3O2/c1-14-18(6-4-12-20-14)24-17-9-7-15(8-10-17)22-19(23)13-16-5-2-3-11-21-16/h2-6,11-12,15,17H,7-10,13H2,1H3,(H,22,23). The molecular weight excluding hydrogens is 302 g/mol. The maximum absolute atomic E-state index is 12.1. The topological polar surface area (TPSA) is 64.1 Å². The Morgan fingerprint density at radius 1 is 1.12 bits per heavy atom. The van der Waals surface area contributed by atoms with E-state index in [-0.39, 0.29) is 18.1 Å². The van der Waals surface area contributed by atoms with Gasteiger partial charge >= 0.3 is 0 Å². The van der Waals surface area contributed by atoms with E-state index in [4.69, 9.17) is 4.74 Å². The van der Waals surface area contributed by atoms with E-state index in [1.54, 1.807) is 12.4 Å². The van der Waals surface area contributed by atoms with Gasteiger partial charge in [0.1, 0.15) is 5.75 Å². The molecule has 0 bridgehead atoms. The van der Waals surface area contributed by atoms with Gasteiger partial charge in [0.15, 0.2) is 0 Å². The van der Waals surface area contributed by atoms with Crippen molar-refractivity contribution in [3.63, 3.8) is 0 Å². The Morgan fingerprint density at radius 3 is 2.62 bits per heavy atom. The first-order valence-corrected chi connectivity index (χ1v) is 8.48. The van der Waals surface area contributed by atoms with Gasteiger partial charge in [0, 0.05) is 24.1 Å². The van der Waals surface area contributed by atoms with Gasteiger partial charge in [0.05, 0.1) is 18.2 Å². The van der Waals surface area contributed by atoms with Gasteiger partial charge in [-0.25, -0.2) is 0 Å². The number of carbonyl (C=O) groups excluding carboxylic acids is 1. The zero-order chi connectivity index (χ0) is 16.8. The summed E-state index contributed by atoms with van der Waals surface area (Å²) in [6.07, 6.45) is 7.81. The number of carbonyl (C=O) groups is 1. The fourth-order valence-electron chi connectivity index (χ4n) is 3.04. The van der Waals surface area contributed by atoms with Crippen LogP contribution in [0.2, 0.25) is 0 Å². The Labute approximate surface area is 142 Å². The average Bonchev–Trinajstić information content (AvgIpc) is 2.59. The summed E-state index contributed by atoms with van der Waals surface area (Å²) in [4.78, 5) is 20.6. The van der Waals surface area contributed by atoms with Crippen molar-refractivity contribution in [2.75, 3.05) is 0 Å². The predicted molar refractivity (Wildman–Crippen MR) is 91.7 cm³/mol. The van der Waals surface area contributed by atoms with Crippen LogP contribution in [-0.4, -0.2) is 28.0 Å². The SMILES string of the molecule is Cc1ncccc1OC1CCC(NC(=O)Cc2ccccn2)CC1. The molecule has 1 saturated carbocycles. The summed E-state index contributed by atoms with van der Waals surface area (Å²) in [5.74, 6) is 0.904. The van der Waals surface area contributed by atoms with E-state index in [2.05, 4.69) is 15.3 Å². The van der Waals surface area contributed by atoms with Crippen molar-refractivity contribution < 1.29 is 9.53 Å². The highest BCUT2D eigenvalue weighted by atomic mass is 16.5. The molecule has 1 aliphatic rings. The van der Waals surface area contributed by atoms with E-state index in [9.17, 15) is 4.79 Å². The maximum Gasteiger partial charge on any atom is 0.226 e. The van der Waals surface area contributed by atoms with Gasteiger partial charge in [-0.15, -0.1) is 0 Å². The molecule has 2 heterocycles. The number of hydrogen-bond donors (Lipinski definition) is 1. The van der Waals surface area contributed by atoms with Crippen LogP contribution in [-0.2, 0) is 11.2 Å². The first-order valence-electron chi connectivity index (χ1n) is 8.48. The zero-order valence-electron chi connectivity index (χ0n) is 13.9. The number of rotatable bonds is 5. The molecule has 5 heteroatoms. The highest BCUT2D eigenvalue weighted by Gasteiger charge is 2.24. The molecule has 0 aromatic carbocycles. The molecular formula is C19H23N3O2. The largest absolute Gasteiger partial charge is 0.489 e. The number of hydrogen-bond acceptors (Lipinski definition) is 4. The van der Waals surface area contributed by atoms with E-state index in [1.807, 2.05) is 37.3 Å². The third-order valence-corrected chi connectivity index (χ3v) is 4.36. The Morgan fingerprint density at radius 2 is 1.92 bits per heavy atom. The number of aromatic nitrogens is 2. The van der Waals surface area contributed by atoms with E-state index >= 15 is 0 Å². The van der Waals surface area contributed by atoms with Crippen LogP contribution >= 0.6 is 0 Å². The minimum atomic E-state index is 0.0428. The number of ether oxygens (including phenoxy) is 1. The molecule has 3 rings (SSSR count). The second-order valence-corrected chi connectivity index (χ2v) is 6.24. The lowest BCUT2D eigenvalue weighted by Gasteiger charge is -2.29. The second-order valence-electron chi connectivity index (χ2n) is 6.24. The average molecular weight is 325 g/mol. The van der Waals surface area contributed by atoms with Crippen molar-refractivity contribution >= 4 is 5.91 Å². The molecule has 0 atom stereocenters. The van der Waals surface area contributed by atoms with Crippen LogP contribution in [0, 0.1) is 6.92 Å². The summed E-state index contributed by atoms with van der Waals surface area (Å²) in [5, 5.41) is 3.12. The molecule has 1 fully saturated rings.